The van der Waals surface area contributed by atoms with E-state index in [2.05, 4.69) is 31.4 Å². The van der Waals surface area contributed by atoms with E-state index in [9.17, 15) is 0 Å². The topological polar surface area (TPSA) is 24.1 Å². The van der Waals surface area contributed by atoms with Crippen molar-refractivity contribution in [1.29, 1.82) is 0 Å². The van der Waals surface area contributed by atoms with Crippen LogP contribution in [0.3, 0.4) is 0 Å². The van der Waals surface area contributed by atoms with Crippen LogP contribution in [0.2, 0.25) is 0 Å². The molecule has 3 unspecified atom stereocenters. The molecule has 2 N–H and O–H groups in total. The highest BCUT2D eigenvalue weighted by molar-refractivity contribution is 4.80. The minimum atomic E-state index is 0.702. The summed E-state index contributed by atoms with van der Waals surface area (Å²) in [5, 5.41) is 7.17. The number of hydrogen-bond donors (Lipinski definition) is 2. The normalized spacial score (nSPS) is 30.2. The van der Waals surface area contributed by atoms with Crippen LogP contribution in [0.25, 0.3) is 0 Å². The Morgan fingerprint density at radius 1 is 1.50 bits per heavy atom. The van der Waals surface area contributed by atoms with Crippen LogP contribution in [0.4, 0.5) is 0 Å². The van der Waals surface area contributed by atoms with Gasteiger partial charge in [0.25, 0.3) is 0 Å². The molecule has 1 fully saturated rings. The van der Waals surface area contributed by atoms with E-state index in [-0.39, 0.29) is 0 Å². The monoisotopic (exact) mass is 198 g/mol. The molecule has 84 valence electrons. The van der Waals surface area contributed by atoms with E-state index in [1.165, 1.54) is 32.4 Å². The van der Waals surface area contributed by atoms with Crippen LogP contribution in [-0.2, 0) is 0 Å². The van der Waals surface area contributed by atoms with E-state index in [0.29, 0.717) is 6.04 Å². The molecule has 0 aromatic carbocycles. The van der Waals surface area contributed by atoms with Gasteiger partial charge < -0.3 is 10.6 Å². The molecule has 2 nitrogen and oxygen atoms in total. The first-order chi connectivity index (χ1) is 6.74. The Labute approximate surface area is 88.8 Å². The Morgan fingerprint density at radius 3 is 2.93 bits per heavy atom. The van der Waals surface area contributed by atoms with Crippen molar-refractivity contribution in [3.8, 4) is 0 Å². The third kappa shape index (κ3) is 3.97. The second-order valence-electron chi connectivity index (χ2n) is 4.85. The quantitative estimate of drug-likeness (QED) is 0.706. The maximum Gasteiger partial charge on any atom is 0.0218 e. The van der Waals surface area contributed by atoms with Crippen molar-refractivity contribution in [2.45, 2.75) is 46.1 Å². The lowest BCUT2D eigenvalue weighted by Gasteiger charge is -2.30. The Kier molecular flexibility index (Phi) is 5.49. The molecule has 0 aromatic rings. The van der Waals surface area contributed by atoms with Crippen molar-refractivity contribution in [1.82, 2.24) is 10.6 Å². The van der Waals surface area contributed by atoms with E-state index in [1.807, 2.05) is 0 Å². The van der Waals surface area contributed by atoms with Gasteiger partial charge in [0.2, 0.25) is 0 Å². The molecule has 1 heterocycles. The number of piperidine rings is 1. The minimum Gasteiger partial charge on any atom is -0.315 e. The number of nitrogens with one attached hydrogen (secondary N) is 2. The number of hydrogen-bond acceptors (Lipinski definition) is 2. The van der Waals surface area contributed by atoms with Crippen LogP contribution < -0.4 is 10.6 Å². The van der Waals surface area contributed by atoms with Crippen molar-refractivity contribution >= 4 is 0 Å². The third-order valence-corrected chi connectivity index (χ3v) is 3.48. The molecule has 0 saturated carbocycles. The lowest BCUT2D eigenvalue weighted by Crippen LogP contribution is -2.47. The highest BCUT2D eigenvalue weighted by atomic mass is 15.0. The Morgan fingerprint density at radius 2 is 2.29 bits per heavy atom. The molecule has 0 radical (unpaired) electrons. The molecule has 0 spiro atoms. The molecule has 1 saturated heterocycles. The summed E-state index contributed by atoms with van der Waals surface area (Å²) in [6.45, 7) is 10.5. The van der Waals surface area contributed by atoms with Crippen LogP contribution >= 0.6 is 0 Å². The summed E-state index contributed by atoms with van der Waals surface area (Å²) < 4.78 is 0. The standard InChI is InChI=1S/C12H26N2/c1-4-10(2)8-13-9-12-11(3)6-5-7-14-12/h10-14H,4-9H2,1-3H3. The summed E-state index contributed by atoms with van der Waals surface area (Å²) in [7, 11) is 0. The summed E-state index contributed by atoms with van der Waals surface area (Å²) in [4.78, 5) is 0. The average Bonchev–Trinajstić information content (AvgIpc) is 2.20. The zero-order valence-electron chi connectivity index (χ0n) is 9.97. The second kappa shape index (κ2) is 6.41. The van der Waals surface area contributed by atoms with Gasteiger partial charge in [0.1, 0.15) is 0 Å². The molecule has 0 aromatic heterocycles. The fraction of sp³-hybridized carbons (Fsp3) is 1.00. The van der Waals surface area contributed by atoms with E-state index in [1.54, 1.807) is 0 Å². The Bertz CT molecular complexity index is 147. The molecule has 0 bridgehead atoms. The first kappa shape index (κ1) is 12.0. The van der Waals surface area contributed by atoms with E-state index in [4.69, 9.17) is 0 Å². The van der Waals surface area contributed by atoms with Crippen molar-refractivity contribution < 1.29 is 0 Å². The summed E-state index contributed by atoms with van der Waals surface area (Å²) in [6, 6.07) is 0.702. The third-order valence-electron chi connectivity index (χ3n) is 3.48. The first-order valence-corrected chi connectivity index (χ1v) is 6.18. The van der Waals surface area contributed by atoms with Gasteiger partial charge in [0.05, 0.1) is 0 Å². The van der Waals surface area contributed by atoms with Gasteiger partial charge in [-0.3, -0.25) is 0 Å². The molecule has 14 heavy (non-hydrogen) atoms. The summed E-state index contributed by atoms with van der Waals surface area (Å²) in [5.41, 5.74) is 0. The highest BCUT2D eigenvalue weighted by Gasteiger charge is 2.19. The minimum absolute atomic E-state index is 0.702. The fourth-order valence-corrected chi connectivity index (χ4v) is 2.02. The van der Waals surface area contributed by atoms with Crippen LogP contribution in [0.1, 0.15) is 40.0 Å². The second-order valence-corrected chi connectivity index (χ2v) is 4.85. The van der Waals surface area contributed by atoms with Gasteiger partial charge in [0, 0.05) is 12.6 Å². The molecule has 1 aliphatic heterocycles. The Balaban J connectivity index is 2.10. The molecular weight excluding hydrogens is 172 g/mol. The average molecular weight is 198 g/mol. The van der Waals surface area contributed by atoms with Crippen LogP contribution in [0.5, 0.6) is 0 Å². The fourth-order valence-electron chi connectivity index (χ4n) is 2.02. The lowest BCUT2D eigenvalue weighted by atomic mass is 9.92. The predicted molar refractivity (Wildman–Crippen MR) is 62.5 cm³/mol. The molecule has 3 atom stereocenters. The molecule has 2 heteroatoms. The summed E-state index contributed by atoms with van der Waals surface area (Å²) in [5.74, 6) is 1.65. The van der Waals surface area contributed by atoms with E-state index >= 15 is 0 Å². The van der Waals surface area contributed by atoms with Gasteiger partial charge in [-0.05, 0) is 37.8 Å². The van der Waals surface area contributed by atoms with Gasteiger partial charge in [-0.2, -0.15) is 0 Å². The SMILES string of the molecule is CCC(C)CNCC1NCCCC1C. The van der Waals surface area contributed by atoms with Gasteiger partial charge in [-0.15, -0.1) is 0 Å². The van der Waals surface area contributed by atoms with Crippen LogP contribution in [0.15, 0.2) is 0 Å². The Hall–Kier alpha value is -0.0800. The zero-order chi connectivity index (χ0) is 10.4. The molecule has 1 rings (SSSR count). The van der Waals surface area contributed by atoms with Crippen molar-refractivity contribution in [3.63, 3.8) is 0 Å². The van der Waals surface area contributed by atoms with Crippen molar-refractivity contribution in [3.05, 3.63) is 0 Å². The maximum atomic E-state index is 3.60. The first-order valence-electron chi connectivity index (χ1n) is 6.18. The number of rotatable bonds is 5. The molecule has 0 aliphatic carbocycles. The zero-order valence-corrected chi connectivity index (χ0v) is 9.97. The van der Waals surface area contributed by atoms with Crippen LogP contribution in [-0.4, -0.2) is 25.7 Å². The summed E-state index contributed by atoms with van der Waals surface area (Å²) >= 11 is 0. The van der Waals surface area contributed by atoms with Crippen molar-refractivity contribution in [2.24, 2.45) is 11.8 Å². The predicted octanol–water partition coefficient (Wildman–Crippen LogP) is 2.01. The van der Waals surface area contributed by atoms with Crippen molar-refractivity contribution in [2.75, 3.05) is 19.6 Å². The van der Waals surface area contributed by atoms with Gasteiger partial charge in [-0.25, -0.2) is 0 Å². The lowest BCUT2D eigenvalue weighted by molar-refractivity contribution is 0.286. The largest absolute Gasteiger partial charge is 0.315 e. The van der Waals surface area contributed by atoms with E-state index < -0.39 is 0 Å². The van der Waals surface area contributed by atoms with E-state index in [0.717, 1.165) is 18.4 Å². The van der Waals surface area contributed by atoms with Gasteiger partial charge in [0.15, 0.2) is 0 Å². The molecule has 1 aliphatic rings. The summed E-state index contributed by atoms with van der Waals surface area (Å²) in [6.07, 6.45) is 4.02. The highest BCUT2D eigenvalue weighted by Crippen LogP contribution is 2.14. The smallest absolute Gasteiger partial charge is 0.0218 e. The maximum absolute atomic E-state index is 3.60. The van der Waals surface area contributed by atoms with Crippen LogP contribution in [0, 0.1) is 11.8 Å². The van der Waals surface area contributed by atoms with Gasteiger partial charge in [-0.1, -0.05) is 27.2 Å². The van der Waals surface area contributed by atoms with Gasteiger partial charge >= 0.3 is 0 Å². The molecular formula is C12H26N2. The molecule has 0 amide bonds.